The van der Waals surface area contributed by atoms with Gasteiger partial charge in [0, 0.05) is 25.0 Å². The lowest BCUT2D eigenvalue weighted by Crippen LogP contribution is -1.92. The topological polar surface area (TPSA) is 149 Å². The van der Waals surface area contributed by atoms with E-state index in [4.69, 9.17) is 20.4 Å². The first-order chi connectivity index (χ1) is 11.7. The van der Waals surface area contributed by atoms with Gasteiger partial charge in [-0.2, -0.15) is 0 Å². The zero-order chi connectivity index (χ0) is 20.1. The number of carboxylic acid groups (broad SMARTS) is 4. The fraction of sp³-hybridized carbons (Fsp3) is 0.647. The zero-order valence-electron chi connectivity index (χ0n) is 14.9. The Hall–Kier alpha value is -2.38. The van der Waals surface area contributed by atoms with Crippen LogP contribution >= 0.6 is 0 Å². The van der Waals surface area contributed by atoms with E-state index in [1.54, 1.807) is 0 Å². The first kappa shape index (κ1) is 27.5. The maximum absolute atomic E-state index is 9.96. The number of aliphatic carboxylic acids is 4. The van der Waals surface area contributed by atoms with Crippen molar-refractivity contribution in [1.82, 2.24) is 0 Å². The van der Waals surface area contributed by atoms with E-state index in [9.17, 15) is 19.2 Å². The van der Waals surface area contributed by atoms with Gasteiger partial charge in [0.05, 0.1) is 0 Å². The second-order valence-electron chi connectivity index (χ2n) is 5.07. The van der Waals surface area contributed by atoms with Crippen molar-refractivity contribution in [3.05, 3.63) is 12.2 Å². The quantitative estimate of drug-likeness (QED) is 0.322. The molecule has 0 amide bonds. The Morgan fingerprint density at radius 1 is 0.600 bits per heavy atom. The fourth-order valence-electron chi connectivity index (χ4n) is 1.37. The highest BCUT2D eigenvalue weighted by molar-refractivity contribution is 5.89. The monoisotopic (exact) mass is 362 g/mol. The van der Waals surface area contributed by atoms with Crippen LogP contribution in [0.3, 0.4) is 0 Å². The zero-order valence-corrected chi connectivity index (χ0v) is 14.9. The maximum Gasteiger partial charge on any atom is 0.328 e. The summed E-state index contributed by atoms with van der Waals surface area (Å²) < 4.78 is 0. The SMILES string of the molecule is CCCCCC(=O)O.CCCCCCC(=O)O.O=C(O)/C=C/C(=O)O. The van der Waals surface area contributed by atoms with Gasteiger partial charge in [-0.15, -0.1) is 0 Å². The largest absolute Gasteiger partial charge is 0.481 e. The summed E-state index contributed by atoms with van der Waals surface area (Å²) in [6, 6.07) is 0. The van der Waals surface area contributed by atoms with Crippen LogP contribution in [0.4, 0.5) is 0 Å². The van der Waals surface area contributed by atoms with Crippen molar-refractivity contribution in [3.63, 3.8) is 0 Å². The van der Waals surface area contributed by atoms with E-state index in [2.05, 4.69) is 13.8 Å². The van der Waals surface area contributed by atoms with E-state index in [-0.39, 0.29) is 0 Å². The predicted molar refractivity (Wildman–Crippen MR) is 92.6 cm³/mol. The Labute approximate surface area is 148 Å². The molecule has 0 saturated carbocycles. The summed E-state index contributed by atoms with van der Waals surface area (Å²) in [5, 5.41) is 32.0. The van der Waals surface area contributed by atoms with Gasteiger partial charge in [-0.1, -0.05) is 46.0 Å². The van der Waals surface area contributed by atoms with Crippen LogP contribution in [0, 0.1) is 0 Å². The molecule has 8 heteroatoms. The normalized spacial score (nSPS) is 9.36. The van der Waals surface area contributed by atoms with Gasteiger partial charge in [-0.05, 0) is 12.8 Å². The highest BCUT2D eigenvalue weighted by atomic mass is 16.4. The molecule has 0 radical (unpaired) electrons. The average Bonchev–Trinajstić information content (AvgIpc) is 2.51. The highest BCUT2D eigenvalue weighted by Gasteiger charge is 1.94. The molecule has 25 heavy (non-hydrogen) atoms. The first-order valence-corrected chi connectivity index (χ1v) is 8.24. The lowest BCUT2D eigenvalue weighted by molar-refractivity contribution is -0.138. The lowest BCUT2D eigenvalue weighted by atomic mass is 10.2. The van der Waals surface area contributed by atoms with Gasteiger partial charge in [-0.25, -0.2) is 9.59 Å². The Morgan fingerprint density at radius 2 is 0.920 bits per heavy atom. The molecule has 8 nitrogen and oxygen atoms in total. The molecule has 0 fully saturated rings. The van der Waals surface area contributed by atoms with Crippen LogP contribution in [0.2, 0.25) is 0 Å². The van der Waals surface area contributed by atoms with Crippen LogP contribution < -0.4 is 0 Å². The van der Waals surface area contributed by atoms with E-state index in [0.29, 0.717) is 25.0 Å². The van der Waals surface area contributed by atoms with E-state index in [1.165, 1.54) is 6.42 Å². The average molecular weight is 362 g/mol. The van der Waals surface area contributed by atoms with Crippen LogP contribution in [0.1, 0.15) is 71.6 Å². The van der Waals surface area contributed by atoms with Gasteiger partial charge in [-0.3, -0.25) is 9.59 Å². The van der Waals surface area contributed by atoms with Crippen LogP contribution in [0.25, 0.3) is 0 Å². The van der Waals surface area contributed by atoms with Crippen LogP contribution in [-0.4, -0.2) is 44.3 Å². The third-order valence-corrected chi connectivity index (χ3v) is 2.61. The van der Waals surface area contributed by atoms with Crippen molar-refractivity contribution < 1.29 is 39.6 Å². The van der Waals surface area contributed by atoms with Gasteiger partial charge >= 0.3 is 23.9 Å². The molecule has 0 aliphatic carbocycles. The molecule has 0 saturated heterocycles. The third kappa shape index (κ3) is 44.9. The van der Waals surface area contributed by atoms with Gasteiger partial charge in [0.15, 0.2) is 0 Å². The summed E-state index contributed by atoms with van der Waals surface area (Å²) in [6.45, 7) is 4.17. The van der Waals surface area contributed by atoms with E-state index in [0.717, 1.165) is 38.5 Å². The van der Waals surface area contributed by atoms with Crippen molar-refractivity contribution in [2.45, 2.75) is 71.6 Å². The molecule has 0 aliphatic heterocycles. The van der Waals surface area contributed by atoms with E-state index >= 15 is 0 Å². The minimum Gasteiger partial charge on any atom is -0.481 e. The van der Waals surface area contributed by atoms with E-state index < -0.39 is 23.9 Å². The van der Waals surface area contributed by atoms with Gasteiger partial charge in [0.1, 0.15) is 0 Å². The Balaban J connectivity index is -0.000000291. The number of carboxylic acids is 4. The summed E-state index contributed by atoms with van der Waals surface area (Å²) in [7, 11) is 0. The van der Waals surface area contributed by atoms with Crippen LogP contribution in [0.15, 0.2) is 12.2 Å². The Morgan fingerprint density at radius 3 is 1.20 bits per heavy atom. The number of hydrogen-bond donors (Lipinski definition) is 4. The van der Waals surface area contributed by atoms with Gasteiger partial charge < -0.3 is 20.4 Å². The molecule has 0 aromatic rings. The van der Waals surface area contributed by atoms with Crippen LogP contribution in [-0.2, 0) is 19.2 Å². The molecule has 4 N–H and O–H groups in total. The van der Waals surface area contributed by atoms with Crippen molar-refractivity contribution in [1.29, 1.82) is 0 Å². The second-order valence-corrected chi connectivity index (χ2v) is 5.07. The molecule has 0 aliphatic rings. The maximum atomic E-state index is 9.96. The summed E-state index contributed by atoms with van der Waals surface area (Å²) >= 11 is 0. The number of rotatable bonds is 11. The smallest absolute Gasteiger partial charge is 0.328 e. The molecular weight excluding hydrogens is 332 g/mol. The molecule has 146 valence electrons. The summed E-state index contributed by atoms with van der Waals surface area (Å²) in [4.78, 5) is 38.9. The molecule has 0 rings (SSSR count). The molecule has 0 atom stereocenters. The molecule has 0 spiro atoms. The molecule has 0 unspecified atom stereocenters. The van der Waals surface area contributed by atoms with Crippen molar-refractivity contribution in [3.8, 4) is 0 Å². The first-order valence-electron chi connectivity index (χ1n) is 8.24. The van der Waals surface area contributed by atoms with Crippen LogP contribution in [0.5, 0.6) is 0 Å². The number of unbranched alkanes of at least 4 members (excludes halogenated alkanes) is 5. The molecule has 0 aromatic carbocycles. The fourth-order valence-corrected chi connectivity index (χ4v) is 1.37. The highest BCUT2D eigenvalue weighted by Crippen LogP contribution is 2.01. The van der Waals surface area contributed by atoms with Crippen molar-refractivity contribution in [2.24, 2.45) is 0 Å². The third-order valence-electron chi connectivity index (χ3n) is 2.61. The van der Waals surface area contributed by atoms with Gasteiger partial charge in [0.2, 0.25) is 0 Å². The summed E-state index contributed by atoms with van der Waals surface area (Å²) in [5.41, 5.74) is 0. The van der Waals surface area contributed by atoms with Gasteiger partial charge in [0.25, 0.3) is 0 Å². The van der Waals surface area contributed by atoms with Crippen molar-refractivity contribution >= 4 is 23.9 Å². The lowest BCUT2D eigenvalue weighted by Gasteiger charge is -1.92. The molecule has 0 aromatic heterocycles. The number of hydrogen-bond acceptors (Lipinski definition) is 4. The Kier molecular flexibility index (Phi) is 23.8. The molecular formula is C17H30O8. The van der Waals surface area contributed by atoms with Crippen molar-refractivity contribution in [2.75, 3.05) is 0 Å². The molecule has 0 heterocycles. The molecule has 0 bridgehead atoms. The second kappa shape index (κ2) is 21.6. The summed E-state index contributed by atoms with van der Waals surface area (Å²) in [5.74, 6) is -3.87. The minimum absolute atomic E-state index is 0.327. The minimum atomic E-state index is -1.26. The Bertz CT molecular complexity index is 385. The van der Waals surface area contributed by atoms with E-state index in [1.807, 2.05) is 0 Å². The predicted octanol–water partition coefficient (Wildman–Crippen LogP) is 3.40. The standard InChI is InChI=1S/C7H14O2.C6H12O2.C4H4O4/c1-2-3-4-5-6-7(8)9;1-2-3-4-5-6(7)8;5-3(6)1-2-4(7)8/h2-6H2,1H3,(H,8,9);2-5H2,1H3,(H,7,8);1-2H,(H,5,6)(H,7,8)/b;;2-1+. The number of carbonyl (C=O) groups is 4. The summed E-state index contributed by atoms with van der Waals surface area (Å²) in [6.07, 6.45) is 8.95.